The average Bonchev–Trinajstić information content (AvgIpc) is 3.04. The summed E-state index contributed by atoms with van der Waals surface area (Å²) in [5.41, 5.74) is 2.27. The van der Waals surface area contributed by atoms with Gasteiger partial charge < -0.3 is 20.3 Å². The molecule has 3 rings (SSSR count). The molecular formula is C21H23N3O4. The van der Waals surface area contributed by atoms with Crippen LogP contribution in [-0.2, 0) is 20.9 Å². The van der Waals surface area contributed by atoms with Crippen LogP contribution in [0.2, 0.25) is 0 Å². The normalized spacial score (nSPS) is 16.0. The van der Waals surface area contributed by atoms with E-state index in [1.807, 2.05) is 24.3 Å². The van der Waals surface area contributed by atoms with E-state index in [4.69, 9.17) is 4.74 Å². The maximum Gasteiger partial charge on any atom is 0.229 e. The molecule has 1 fully saturated rings. The number of benzene rings is 2. The molecule has 0 aromatic heterocycles. The Morgan fingerprint density at radius 2 is 1.64 bits per heavy atom. The second kappa shape index (κ2) is 8.56. The Kier molecular flexibility index (Phi) is 5.93. The first-order valence-electron chi connectivity index (χ1n) is 9.04. The number of carbonyl (C=O) groups is 3. The number of carbonyl (C=O) groups excluding carboxylic acids is 3. The van der Waals surface area contributed by atoms with E-state index in [0.29, 0.717) is 24.5 Å². The van der Waals surface area contributed by atoms with Crippen LogP contribution in [-0.4, -0.2) is 36.3 Å². The van der Waals surface area contributed by atoms with Gasteiger partial charge in [0.2, 0.25) is 17.7 Å². The quantitative estimate of drug-likeness (QED) is 0.805. The average molecular weight is 381 g/mol. The molecule has 28 heavy (non-hydrogen) atoms. The van der Waals surface area contributed by atoms with E-state index in [9.17, 15) is 14.4 Å². The summed E-state index contributed by atoms with van der Waals surface area (Å²) in [7, 11) is 1.61. The van der Waals surface area contributed by atoms with Crippen LogP contribution in [0.15, 0.2) is 48.5 Å². The predicted octanol–water partition coefficient (Wildman–Crippen LogP) is 2.64. The highest BCUT2D eigenvalue weighted by molar-refractivity contribution is 5.97. The van der Waals surface area contributed by atoms with Crippen LogP contribution in [0.5, 0.6) is 5.75 Å². The molecule has 146 valence electrons. The van der Waals surface area contributed by atoms with Gasteiger partial charge in [0.1, 0.15) is 5.75 Å². The van der Waals surface area contributed by atoms with Crippen LogP contribution in [0, 0.1) is 5.92 Å². The van der Waals surface area contributed by atoms with E-state index in [2.05, 4.69) is 10.6 Å². The van der Waals surface area contributed by atoms with Gasteiger partial charge in [0.15, 0.2) is 0 Å². The van der Waals surface area contributed by atoms with Crippen molar-refractivity contribution >= 4 is 29.1 Å². The Balaban J connectivity index is 1.56. The highest BCUT2D eigenvalue weighted by Crippen LogP contribution is 2.23. The Hall–Kier alpha value is -3.35. The number of rotatable bonds is 6. The van der Waals surface area contributed by atoms with Crippen molar-refractivity contribution < 1.29 is 19.1 Å². The molecule has 1 unspecified atom stereocenters. The van der Waals surface area contributed by atoms with Gasteiger partial charge in [0.05, 0.1) is 13.0 Å². The lowest BCUT2D eigenvalue weighted by Gasteiger charge is -2.17. The molecule has 1 atom stereocenters. The van der Waals surface area contributed by atoms with Crippen molar-refractivity contribution in [3.05, 3.63) is 54.1 Å². The van der Waals surface area contributed by atoms with Gasteiger partial charge in [-0.3, -0.25) is 14.4 Å². The van der Waals surface area contributed by atoms with E-state index in [-0.39, 0.29) is 30.1 Å². The van der Waals surface area contributed by atoms with Gasteiger partial charge in [0, 0.05) is 37.8 Å². The number of anilines is 2. The molecule has 2 aromatic rings. The van der Waals surface area contributed by atoms with Gasteiger partial charge in [-0.1, -0.05) is 12.1 Å². The molecule has 7 heteroatoms. The van der Waals surface area contributed by atoms with Crippen LogP contribution in [0.25, 0.3) is 0 Å². The summed E-state index contributed by atoms with van der Waals surface area (Å²) in [6.07, 6.45) is 0.200. The van der Waals surface area contributed by atoms with Crippen LogP contribution < -0.4 is 15.4 Å². The second-order valence-electron chi connectivity index (χ2n) is 6.77. The molecule has 3 amide bonds. The molecule has 2 N–H and O–H groups in total. The molecule has 0 aliphatic carbocycles. The van der Waals surface area contributed by atoms with E-state index in [1.54, 1.807) is 36.3 Å². The van der Waals surface area contributed by atoms with Crippen molar-refractivity contribution in [2.24, 2.45) is 5.92 Å². The third kappa shape index (κ3) is 4.88. The highest BCUT2D eigenvalue weighted by Gasteiger charge is 2.34. The van der Waals surface area contributed by atoms with Gasteiger partial charge in [-0.2, -0.15) is 0 Å². The van der Waals surface area contributed by atoms with Crippen molar-refractivity contribution in [1.29, 1.82) is 0 Å². The molecule has 1 heterocycles. The fourth-order valence-electron chi connectivity index (χ4n) is 3.14. The fraction of sp³-hybridized carbons (Fsp3) is 0.286. The summed E-state index contributed by atoms with van der Waals surface area (Å²) in [5, 5.41) is 5.51. The molecular weight excluding hydrogens is 358 g/mol. The van der Waals surface area contributed by atoms with Crippen LogP contribution >= 0.6 is 0 Å². The Bertz CT molecular complexity index is 862. The summed E-state index contributed by atoms with van der Waals surface area (Å²) in [6.45, 7) is 2.29. The predicted molar refractivity (Wildman–Crippen MR) is 106 cm³/mol. The largest absolute Gasteiger partial charge is 0.497 e. The summed E-state index contributed by atoms with van der Waals surface area (Å²) < 4.78 is 5.14. The molecule has 1 saturated heterocycles. The Morgan fingerprint density at radius 3 is 2.21 bits per heavy atom. The van der Waals surface area contributed by atoms with E-state index in [0.717, 1.165) is 11.3 Å². The zero-order valence-electron chi connectivity index (χ0n) is 15.9. The lowest BCUT2D eigenvalue weighted by atomic mass is 10.1. The van der Waals surface area contributed by atoms with Crippen LogP contribution in [0.1, 0.15) is 18.9 Å². The number of ether oxygens (including phenoxy) is 1. The first kappa shape index (κ1) is 19.4. The summed E-state index contributed by atoms with van der Waals surface area (Å²) >= 11 is 0. The first-order chi connectivity index (χ1) is 13.4. The first-order valence-corrected chi connectivity index (χ1v) is 9.04. The Labute approximate surface area is 163 Å². The lowest BCUT2D eigenvalue weighted by molar-refractivity contribution is -0.128. The summed E-state index contributed by atoms with van der Waals surface area (Å²) in [5.74, 6) is 0.00656. The van der Waals surface area contributed by atoms with Gasteiger partial charge in [-0.25, -0.2) is 0 Å². The second-order valence-corrected chi connectivity index (χ2v) is 6.77. The standard InChI is InChI=1S/C21H23N3O4/c1-14(25)22-17-5-7-18(8-6-17)23-21(27)16-11-20(26)24(13-16)12-15-3-9-19(28-2)10-4-15/h3-10,16H,11-13H2,1-2H3,(H,22,25)(H,23,27). The third-order valence-electron chi connectivity index (χ3n) is 4.59. The highest BCUT2D eigenvalue weighted by atomic mass is 16.5. The van der Waals surface area contributed by atoms with Crippen LogP contribution in [0.3, 0.4) is 0 Å². The van der Waals surface area contributed by atoms with Gasteiger partial charge in [-0.05, 0) is 42.0 Å². The number of hydrogen-bond acceptors (Lipinski definition) is 4. The zero-order valence-corrected chi connectivity index (χ0v) is 15.9. The molecule has 7 nitrogen and oxygen atoms in total. The number of methoxy groups -OCH3 is 1. The minimum absolute atomic E-state index is 0.0306. The molecule has 0 spiro atoms. The minimum Gasteiger partial charge on any atom is -0.497 e. The number of likely N-dealkylation sites (tertiary alicyclic amines) is 1. The van der Waals surface area contributed by atoms with Gasteiger partial charge in [0.25, 0.3) is 0 Å². The smallest absolute Gasteiger partial charge is 0.229 e. The summed E-state index contributed by atoms with van der Waals surface area (Å²) in [6, 6.07) is 14.4. The van der Waals surface area contributed by atoms with Crippen molar-refractivity contribution in [3.63, 3.8) is 0 Å². The molecule has 0 saturated carbocycles. The molecule has 0 bridgehead atoms. The molecule has 1 aliphatic heterocycles. The maximum atomic E-state index is 12.5. The molecule has 1 aliphatic rings. The topological polar surface area (TPSA) is 87.7 Å². The third-order valence-corrected chi connectivity index (χ3v) is 4.59. The number of nitrogens with one attached hydrogen (secondary N) is 2. The van der Waals surface area contributed by atoms with Crippen molar-refractivity contribution in [2.75, 3.05) is 24.3 Å². The minimum atomic E-state index is -0.388. The van der Waals surface area contributed by atoms with Crippen molar-refractivity contribution in [3.8, 4) is 5.75 Å². The van der Waals surface area contributed by atoms with Gasteiger partial charge >= 0.3 is 0 Å². The number of amides is 3. The fourth-order valence-corrected chi connectivity index (χ4v) is 3.14. The maximum absolute atomic E-state index is 12.5. The van der Waals surface area contributed by atoms with E-state index >= 15 is 0 Å². The Morgan fingerprint density at radius 1 is 1.04 bits per heavy atom. The zero-order chi connectivity index (χ0) is 20.1. The number of hydrogen-bond donors (Lipinski definition) is 2. The number of nitrogens with zero attached hydrogens (tertiary/aromatic N) is 1. The van der Waals surface area contributed by atoms with Crippen molar-refractivity contribution in [2.45, 2.75) is 19.9 Å². The summed E-state index contributed by atoms with van der Waals surface area (Å²) in [4.78, 5) is 37.6. The van der Waals surface area contributed by atoms with Gasteiger partial charge in [-0.15, -0.1) is 0 Å². The van der Waals surface area contributed by atoms with E-state index < -0.39 is 0 Å². The SMILES string of the molecule is COc1ccc(CN2CC(C(=O)Nc3ccc(NC(C)=O)cc3)CC2=O)cc1. The lowest BCUT2D eigenvalue weighted by Crippen LogP contribution is -2.28. The van der Waals surface area contributed by atoms with E-state index in [1.165, 1.54) is 6.92 Å². The monoisotopic (exact) mass is 381 g/mol. The molecule has 0 radical (unpaired) electrons. The van der Waals surface area contributed by atoms with Crippen molar-refractivity contribution in [1.82, 2.24) is 4.90 Å². The van der Waals surface area contributed by atoms with Crippen LogP contribution in [0.4, 0.5) is 11.4 Å². The molecule has 2 aromatic carbocycles.